The first kappa shape index (κ1) is 13.1. The summed E-state index contributed by atoms with van der Waals surface area (Å²) in [6, 6.07) is 1.17. The van der Waals surface area contributed by atoms with Gasteiger partial charge in [0.1, 0.15) is 5.52 Å². The fourth-order valence-corrected chi connectivity index (χ4v) is 2.16. The molecule has 0 saturated carbocycles. The molecule has 0 bridgehead atoms. The Hall–Kier alpha value is -0.360. The molecule has 0 spiro atoms. The number of aromatic nitrogens is 2. The second-order valence-corrected chi connectivity index (χ2v) is 4.57. The molecule has 0 aliphatic heterocycles. The number of imidazole rings is 1. The van der Waals surface area contributed by atoms with Gasteiger partial charge in [0, 0.05) is 11.8 Å². The van der Waals surface area contributed by atoms with Crippen LogP contribution in [0.15, 0.2) is 6.07 Å². The van der Waals surface area contributed by atoms with Gasteiger partial charge in [-0.25, -0.2) is 9.07 Å². The maximum Gasteiger partial charge on any atom is 0.451 e. The summed E-state index contributed by atoms with van der Waals surface area (Å²) in [7, 11) is 0. The Morgan fingerprint density at radius 2 is 1.71 bits per heavy atom. The average molecular weight is 324 g/mol. The SMILES string of the molecule is FC(F)(F)c1nc2c(Cl)c(Cl)c(Cl)cc2n1Cl. The van der Waals surface area contributed by atoms with Crippen molar-refractivity contribution in [1.29, 1.82) is 0 Å². The average Bonchev–Trinajstić information content (AvgIpc) is 2.53. The van der Waals surface area contributed by atoms with E-state index >= 15 is 0 Å². The molecule has 0 radical (unpaired) electrons. The van der Waals surface area contributed by atoms with Crippen molar-refractivity contribution >= 4 is 57.6 Å². The number of hydrogen-bond acceptors (Lipinski definition) is 1. The van der Waals surface area contributed by atoms with Crippen LogP contribution in [0.5, 0.6) is 0 Å². The molecule has 0 saturated heterocycles. The summed E-state index contributed by atoms with van der Waals surface area (Å²) < 4.78 is 38.0. The fourth-order valence-electron chi connectivity index (χ4n) is 1.27. The maximum atomic E-state index is 12.5. The van der Waals surface area contributed by atoms with Crippen molar-refractivity contribution in [2.75, 3.05) is 0 Å². The lowest BCUT2D eigenvalue weighted by Gasteiger charge is -2.03. The van der Waals surface area contributed by atoms with Crippen LogP contribution in [0.4, 0.5) is 13.2 Å². The summed E-state index contributed by atoms with van der Waals surface area (Å²) in [4.78, 5) is 3.32. The minimum Gasteiger partial charge on any atom is -0.230 e. The van der Waals surface area contributed by atoms with E-state index in [1.165, 1.54) is 6.07 Å². The topological polar surface area (TPSA) is 17.8 Å². The van der Waals surface area contributed by atoms with E-state index in [2.05, 4.69) is 4.98 Å². The van der Waals surface area contributed by atoms with Gasteiger partial charge in [-0.3, -0.25) is 0 Å². The van der Waals surface area contributed by atoms with Gasteiger partial charge in [-0.15, -0.1) is 0 Å². The predicted octanol–water partition coefficient (Wildman–Crippen LogP) is 5.02. The highest BCUT2D eigenvalue weighted by molar-refractivity contribution is 6.50. The van der Waals surface area contributed by atoms with Gasteiger partial charge in [-0.05, 0) is 6.07 Å². The van der Waals surface area contributed by atoms with Gasteiger partial charge in [0.15, 0.2) is 0 Å². The molecule has 0 N–H and O–H groups in total. The smallest absolute Gasteiger partial charge is 0.230 e. The lowest BCUT2D eigenvalue weighted by Crippen LogP contribution is -2.10. The minimum atomic E-state index is -4.69. The van der Waals surface area contributed by atoms with Crippen LogP contribution in [-0.4, -0.2) is 9.07 Å². The van der Waals surface area contributed by atoms with Gasteiger partial charge in [0.2, 0.25) is 5.82 Å². The molecule has 0 aliphatic carbocycles. The maximum absolute atomic E-state index is 12.5. The van der Waals surface area contributed by atoms with Gasteiger partial charge >= 0.3 is 6.18 Å². The van der Waals surface area contributed by atoms with E-state index in [4.69, 9.17) is 46.6 Å². The third-order valence-corrected chi connectivity index (χ3v) is 3.58. The highest BCUT2D eigenvalue weighted by Gasteiger charge is 2.38. The Morgan fingerprint density at radius 3 is 2.24 bits per heavy atom. The molecule has 92 valence electrons. The lowest BCUT2D eigenvalue weighted by molar-refractivity contribution is -0.145. The van der Waals surface area contributed by atoms with Crippen molar-refractivity contribution in [3.63, 3.8) is 0 Å². The fraction of sp³-hybridized carbons (Fsp3) is 0.125. The summed E-state index contributed by atoms with van der Waals surface area (Å²) in [5, 5.41) is -0.233. The zero-order chi connectivity index (χ0) is 13.0. The largest absolute Gasteiger partial charge is 0.451 e. The first-order valence-electron chi connectivity index (χ1n) is 4.02. The summed E-state index contributed by atoms with van der Waals surface area (Å²) in [6.45, 7) is 0. The number of fused-ring (bicyclic) bond motifs is 1. The quantitative estimate of drug-likeness (QED) is 0.623. The Morgan fingerprint density at radius 1 is 1.12 bits per heavy atom. The number of rotatable bonds is 0. The third kappa shape index (κ3) is 2.05. The zero-order valence-electron chi connectivity index (χ0n) is 7.62. The molecular weight excluding hydrogens is 323 g/mol. The lowest BCUT2D eigenvalue weighted by atomic mass is 10.3. The Bertz CT molecular complexity index is 605. The van der Waals surface area contributed by atoms with E-state index in [-0.39, 0.29) is 26.1 Å². The molecule has 0 fully saturated rings. The molecule has 0 atom stereocenters. The Labute approximate surface area is 113 Å². The summed E-state index contributed by atoms with van der Waals surface area (Å²) in [6.07, 6.45) is -4.69. The van der Waals surface area contributed by atoms with Gasteiger partial charge in [-0.2, -0.15) is 13.2 Å². The van der Waals surface area contributed by atoms with Crippen LogP contribution < -0.4 is 0 Å². The molecule has 1 aromatic carbocycles. The van der Waals surface area contributed by atoms with E-state index in [9.17, 15) is 13.2 Å². The minimum absolute atomic E-state index is 0.000286. The van der Waals surface area contributed by atoms with Crippen LogP contribution in [0.25, 0.3) is 11.0 Å². The highest BCUT2D eigenvalue weighted by Crippen LogP contribution is 2.40. The summed E-state index contributed by atoms with van der Waals surface area (Å²) >= 11 is 22.6. The second kappa shape index (κ2) is 4.09. The molecule has 0 aliphatic rings. The molecule has 1 heterocycles. The van der Waals surface area contributed by atoms with Crippen LogP contribution in [0.1, 0.15) is 5.82 Å². The van der Waals surface area contributed by atoms with Crippen LogP contribution in [0, 0.1) is 0 Å². The van der Waals surface area contributed by atoms with Crippen LogP contribution >= 0.6 is 46.6 Å². The Balaban J connectivity index is 2.88. The molecule has 0 amide bonds. The predicted molar refractivity (Wildman–Crippen MR) is 61.0 cm³/mol. The zero-order valence-corrected chi connectivity index (χ0v) is 10.6. The second-order valence-electron chi connectivity index (χ2n) is 3.07. The number of halogens is 7. The molecule has 17 heavy (non-hydrogen) atoms. The van der Waals surface area contributed by atoms with E-state index in [1.54, 1.807) is 0 Å². The molecule has 1 aromatic heterocycles. The van der Waals surface area contributed by atoms with E-state index in [1.807, 2.05) is 0 Å². The van der Waals surface area contributed by atoms with Crippen LogP contribution in [0.3, 0.4) is 0 Å². The summed E-state index contributed by atoms with van der Waals surface area (Å²) in [5.74, 6) is -1.28. The van der Waals surface area contributed by atoms with Gasteiger partial charge in [-0.1, -0.05) is 34.8 Å². The van der Waals surface area contributed by atoms with E-state index < -0.39 is 12.0 Å². The Kier molecular flexibility index (Phi) is 3.14. The molecule has 2 rings (SSSR count). The molecule has 0 unspecified atom stereocenters. The van der Waals surface area contributed by atoms with Crippen molar-refractivity contribution in [1.82, 2.24) is 9.07 Å². The molecule has 2 aromatic rings. The number of hydrogen-bond donors (Lipinski definition) is 0. The standard InChI is InChI=1S/C8HCl4F3N2/c9-2-1-3-6(5(11)4(2)10)16-7(17(3)12)8(13,14)15/h1H. The first-order chi connectivity index (χ1) is 7.73. The molecule has 2 nitrogen and oxygen atoms in total. The first-order valence-corrected chi connectivity index (χ1v) is 5.50. The van der Waals surface area contributed by atoms with Gasteiger partial charge < -0.3 is 0 Å². The van der Waals surface area contributed by atoms with Gasteiger partial charge in [0.05, 0.1) is 20.6 Å². The normalized spacial score (nSPS) is 12.4. The summed E-state index contributed by atoms with van der Waals surface area (Å²) in [5.41, 5.74) is -0.207. The van der Waals surface area contributed by atoms with Crippen molar-refractivity contribution in [2.24, 2.45) is 0 Å². The van der Waals surface area contributed by atoms with Crippen molar-refractivity contribution < 1.29 is 13.2 Å². The third-order valence-electron chi connectivity index (χ3n) is 1.99. The van der Waals surface area contributed by atoms with E-state index in [0.717, 1.165) is 0 Å². The monoisotopic (exact) mass is 322 g/mol. The number of alkyl halides is 3. The van der Waals surface area contributed by atoms with Crippen LogP contribution in [0.2, 0.25) is 15.1 Å². The van der Waals surface area contributed by atoms with Crippen molar-refractivity contribution in [2.45, 2.75) is 6.18 Å². The van der Waals surface area contributed by atoms with E-state index in [0.29, 0.717) is 4.09 Å². The van der Waals surface area contributed by atoms with Crippen molar-refractivity contribution in [3.05, 3.63) is 27.0 Å². The van der Waals surface area contributed by atoms with Crippen LogP contribution in [-0.2, 0) is 6.18 Å². The van der Waals surface area contributed by atoms with Crippen molar-refractivity contribution in [3.8, 4) is 0 Å². The molecule has 9 heteroatoms. The number of nitrogens with zero attached hydrogens (tertiary/aromatic N) is 2. The van der Waals surface area contributed by atoms with Gasteiger partial charge in [0.25, 0.3) is 0 Å². The number of benzene rings is 1. The molecular formula is C8HCl4F3N2. The highest BCUT2D eigenvalue weighted by atomic mass is 35.5.